The first-order valence-electron chi connectivity index (χ1n) is 7.53. The summed E-state index contributed by atoms with van der Waals surface area (Å²) in [6.45, 7) is 3.76. The lowest BCUT2D eigenvalue weighted by molar-refractivity contribution is 0.212. The molecule has 0 fully saturated rings. The summed E-state index contributed by atoms with van der Waals surface area (Å²) in [5, 5.41) is 0. The number of benzene rings is 1. The molecule has 2 atom stereocenters. The molecule has 0 aliphatic heterocycles. The topological polar surface area (TPSA) is 47.1 Å². The first-order valence-corrected chi connectivity index (χ1v) is 7.53. The number of imidazole rings is 1. The molecule has 1 aromatic carbocycles. The SMILES string of the molecule is CC(CC(CN)N(C)Cc1nccn1C)c1ccccc1. The van der Waals surface area contributed by atoms with Crippen LogP contribution in [-0.2, 0) is 13.6 Å². The fourth-order valence-electron chi connectivity index (χ4n) is 2.68. The van der Waals surface area contributed by atoms with Crippen molar-refractivity contribution in [3.05, 3.63) is 54.1 Å². The van der Waals surface area contributed by atoms with E-state index in [-0.39, 0.29) is 0 Å². The van der Waals surface area contributed by atoms with Crippen LogP contribution >= 0.6 is 0 Å². The van der Waals surface area contributed by atoms with Crippen molar-refractivity contribution in [1.82, 2.24) is 14.5 Å². The molecule has 0 saturated carbocycles. The summed E-state index contributed by atoms with van der Waals surface area (Å²) in [6, 6.07) is 11.0. The molecule has 21 heavy (non-hydrogen) atoms. The van der Waals surface area contributed by atoms with Crippen molar-refractivity contribution in [2.24, 2.45) is 12.8 Å². The number of nitrogens with zero attached hydrogens (tertiary/aromatic N) is 3. The first-order chi connectivity index (χ1) is 10.1. The van der Waals surface area contributed by atoms with Crippen molar-refractivity contribution in [3.8, 4) is 0 Å². The minimum atomic E-state index is 0.358. The van der Waals surface area contributed by atoms with Crippen LogP contribution in [-0.4, -0.2) is 34.1 Å². The van der Waals surface area contributed by atoms with E-state index in [1.54, 1.807) is 0 Å². The van der Waals surface area contributed by atoms with Crippen molar-refractivity contribution >= 4 is 0 Å². The molecular formula is C17H26N4. The molecule has 4 nitrogen and oxygen atoms in total. The molecule has 1 aromatic heterocycles. The highest BCUT2D eigenvalue weighted by atomic mass is 15.2. The minimum Gasteiger partial charge on any atom is -0.337 e. The van der Waals surface area contributed by atoms with Gasteiger partial charge in [-0.25, -0.2) is 4.98 Å². The predicted octanol–water partition coefficient (Wildman–Crippen LogP) is 2.37. The number of hydrogen-bond acceptors (Lipinski definition) is 3. The number of rotatable bonds is 7. The lowest BCUT2D eigenvalue weighted by Gasteiger charge is -2.29. The van der Waals surface area contributed by atoms with Crippen molar-refractivity contribution in [3.63, 3.8) is 0 Å². The standard InChI is InChI=1S/C17H26N4/c1-14(15-7-5-4-6-8-15)11-16(12-18)21(3)13-17-19-9-10-20(17)2/h4-10,14,16H,11-13,18H2,1-3H3. The normalized spacial score (nSPS) is 14.3. The van der Waals surface area contributed by atoms with Gasteiger partial charge in [-0.3, -0.25) is 4.90 Å². The largest absolute Gasteiger partial charge is 0.337 e. The summed E-state index contributed by atoms with van der Waals surface area (Å²) in [5.41, 5.74) is 7.37. The number of aryl methyl sites for hydroxylation is 1. The molecule has 0 saturated heterocycles. The van der Waals surface area contributed by atoms with Crippen molar-refractivity contribution in [2.45, 2.75) is 31.8 Å². The molecule has 2 unspecified atom stereocenters. The van der Waals surface area contributed by atoms with Crippen LogP contribution in [0.25, 0.3) is 0 Å². The van der Waals surface area contributed by atoms with Gasteiger partial charge >= 0.3 is 0 Å². The van der Waals surface area contributed by atoms with Gasteiger partial charge in [0.1, 0.15) is 5.82 Å². The molecule has 0 spiro atoms. The average Bonchev–Trinajstić information content (AvgIpc) is 2.90. The lowest BCUT2D eigenvalue weighted by atomic mass is 9.93. The third-order valence-corrected chi connectivity index (χ3v) is 4.20. The molecule has 2 rings (SSSR count). The Morgan fingerprint density at radius 1 is 1.29 bits per heavy atom. The Morgan fingerprint density at radius 3 is 2.57 bits per heavy atom. The third-order valence-electron chi connectivity index (χ3n) is 4.20. The maximum Gasteiger partial charge on any atom is 0.122 e. The number of hydrogen-bond donors (Lipinski definition) is 1. The van der Waals surface area contributed by atoms with E-state index in [4.69, 9.17) is 5.73 Å². The Hall–Kier alpha value is -1.65. The van der Waals surface area contributed by atoms with E-state index in [1.165, 1.54) is 5.56 Å². The van der Waals surface area contributed by atoms with Gasteiger partial charge in [-0.2, -0.15) is 0 Å². The molecule has 114 valence electrons. The van der Waals surface area contributed by atoms with Gasteiger partial charge in [0.2, 0.25) is 0 Å². The zero-order valence-electron chi connectivity index (χ0n) is 13.2. The van der Waals surface area contributed by atoms with E-state index in [0.29, 0.717) is 18.5 Å². The molecule has 0 amide bonds. The van der Waals surface area contributed by atoms with Gasteiger partial charge in [-0.15, -0.1) is 0 Å². The zero-order valence-corrected chi connectivity index (χ0v) is 13.2. The van der Waals surface area contributed by atoms with Crippen LogP contribution in [0, 0.1) is 0 Å². The van der Waals surface area contributed by atoms with Crippen LogP contribution in [0.5, 0.6) is 0 Å². The summed E-state index contributed by atoms with van der Waals surface area (Å²) < 4.78 is 2.06. The highest BCUT2D eigenvalue weighted by molar-refractivity contribution is 5.19. The van der Waals surface area contributed by atoms with Crippen LogP contribution in [0.2, 0.25) is 0 Å². The smallest absolute Gasteiger partial charge is 0.122 e. The molecule has 0 aliphatic rings. The third kappa shape index (κ3) is 4.16. The fourth-order valence-corrected chi connectivity index (χ4v) is 2.68. The Balaban J connectivity index is 1.97. The van der Waals surface area contributed by atoms with Gasteiger partial charge in [0.25, 0.3) is 0 Å². The second-order valence-electron chi connectivity index (χ2n) is 5.81. The molecule has 2 N–H and O–H groups in total. The minimum absolute atomic E-state index is 0.358. The van der Waals surface area contributed by atoms with Gasteiger partial charge < -0.3 is 10.3 Å². The Labute approximate surface area is 127 Å². The molecule has 2 aromatic rings. The molecule has 0 aliphatic carbocycles. The summed E-state index contributed by atoms with van der Waals surface area (Å²) in [5.74, 6) is 1.58. The van der Waals surface area contributed by atoms with Crippen LogP contribution in [0.1, 0.15) is 30.7 Å². The van der Waals surface area contributed by atoms with E-state index in [2.05, 4.69) is 58.8 Å². The van der Waals surface area contributed by atoms with E-state index in [0.717, 1.165) is 18.8 Å². The second-order valence-corrected chi connectivity index (χ2v) is 5.81. The predicted molar refractivity (Wildman–Crippen MR) is 87.0 cm³/mol. The summed E-state index contributed by atoms with van der Waals surface area (Å²) in [6.07, 6.45) is 4.88. The maximum absolute atomic E-state index is 6.00. The number of nitrogens with two attached hydrogens (primary N) is 1. The van der Waals surface area contributed by atoms with E-state index < -0.39 is 0 Å². The van der Waals surface area contributed by atoms with Gasteiger partial charge in [0.15, 0.2) is 0 Å². The van der Waals surface area contributed by atoms with Crippen LogP contribution in [0.4, 0.5) is 0 Å². The van der Waals surface area contributed by atoms with Gasteiger partial charge in [-0.05, 0) is 24.9 Å². The van der Waals surface area contributed by atoms with Crippen LogP contribution in [0.3, 0.4) is 0 Å². The van der Waals surface area contributed by atoms with E-state index in [1.807, 2.05) is 19.4 Å². The molecular weight excluding hydrogens is 260 g/mol. The molecule has 0 bridgehead atoms. The molecule has 4 heteroatoms. The monoisotopic (exact) mass is 286 g/mol. The Bertz CT molecular complexity index is 535. The zero-order chi connectivity index (χ0) is 15.2. The highest BCUT2D eigenvalue weighted by Gasteiger charge is 2.18. The summed E-state index contributed by atoms with van der Waals surface area (Å²) in [4.78, 5) is 6.70. The molecule has 1 heterocycles. The lowest BCUT2D eigenvalue weighted by Crippen LogP contribution is -2.38. The van der Waals surface area contributed by atoms with Gasteiger partial charge in [-0.1, -0.05) is 37.3 Å². The second kappa shape index (κ2) is 7.38. The Morgan fingerprint density at radius 2 is 2.00 bits per heavy atom. The van der Waals surface area contributed by atoms with Crippen LogP contribution in [0.15, 0.2) is 42.7 Å². The maximum atomic E-state index is 6.00. The van der Waals surface area contributed by atoms with Gasteiger partial charge in [0, 0.05) is 32.0 Å². The van der Waals surface area contributed by atoms with Crippen LogP contribution < -0.4 is 5.73 Å². The summed E-state index contributed by atoms with van der Waals surface area (Å²) in [7, 11) is 4.16. The van der Waals surface area contributed by atoms with E-state index in [9.17, 15) is 0 Å². The summed E-state index contributed by atoms with van der Waals surface area (Å²) >= 11 is 0. The fraction of sp³-hybridized carbons (Fsp3) is 0.471. The molecule has 0 radical (unpaired) electrons. The average molecular weight is 286 g/mol. The first kappa shape index (κ1) is 15.7. The quantitative estimate of drug-likeness (QED) is 0.850. The number of aromatic nitrogens is 2. The van der Waals surface area contributed by atoms with E-state index >= 15 is 0 Å². The Kier molecular flexibility index (Phi) is 5.53. The van der Waals surface area contributed by atoms with Crippen molar-refractivity contribution < 1.29 is 0 Å². The van der Waals surface area contributed by atoms with Gasteiger partial charge in [0.05, 0.1) is 6.54 Å². The van der Waals surface area contributed by atoms with Crippen molar-refractivity contribution in [1.29, 1.82) is 0 Å². The highest BCUT2D eigenvalue weighted by Crippen LogP contribution is 2.22. The number of likely N-dealkylation sites (N-methyl/N-ethyl adjacent to an activating group) is 1. The van der Waals surface area contributed by atoms with Crippen molar-refractivity contribution in [2.75, 3.05) is 13.6 Å².